The van der Waals surface area contributed by atoms with Crippen molar-refractivity contribution in [3.05, 3.63) is 29.6 Å². The first-order valence-corrected chi connectivity index (χ1v) is 6.59. The summed E-state index contributed by atoms with van der Waals surface area (Å²) >= 11 is 0. The fraction of sp³-hybridized carbons (Fsp3) is 0.571. The van der Waals surface area contributed by atoms with Crippen molar-refractivity contribution in [1.29, 1.82) is 0 Å². The summed E-state index contributed by atoms with van der Waals surface area (Å²) in [6.07, 6.45) is 3.78. The Morgan fingerprint density at radius 3 is 2.95 bits per heavy atom. The van der Waals surface area contributed by atoms with Gasteiger partial charge in [0.15, 0.2) is 0 Å². The second-order valence-electron chi connectivity index (χ2n) is 5.11. The summed E-state index contributed by atoms with van der Waals surface area (Å²) in [5, 5.41) is 8.91. The van der Waals surface area contributed by atoms with Crippen LogP contribution < -0.4 is 0 Å². The van der Waals surface area contributed by atoms with Crippen LogP contribution in [0.15, 0.2) is 18.3 Å². The maximum absolute atomic E-state index is 10.9. The number of hydrogen-bond donors (Lipinski definition) is 1. The first-order chi connectivity index (χ1) is 9.15. The molecule has 5 heteroatoms. The Labute approximate surface area is 113 Å². The van der Waals surface area contributed by atoms with Crippen molar-refractivity contribution in [1.82, 2.24) is 9.88 Å². The molecule has 2 rings (SSSR count). The van der Waals surface area contributed by atoms with Gasteiger partial charge in [-0.15, -0.1) is 0 Å². The molecule has 1 aromatic rings. The smallest absolute Gasteiger partial charge is 0.354 e. The van der Waals surface area contributed by atoms with E-state index in [1.54, 1.807) is 12.3 Å². The molecule has 19 heavy (non-hydrogen) atoms. The molecule has 2 heterocycles. The summed E-state index contributed by atoms with van der Waals surface area (Å²) in [6.45, 7) is 3.49. The second kappa shape index (κ2) is 6.63. The predicted molar refractivity (Wildman–Crippen MR) is 71.1 cm³/mol. The Hall–Kier alpha value is -1.46. The van der Waals surface area contributed by atoms with Crippen LogP contribution in [-0.4, -0.2) is 47.8 Å². The van der Waals surface area contributed by atoms with Gasteiger partial charge in [-0.2, -0.15) is 0 Å². The number of carbonyl (C=O) groups is 1. The van der Waals surface area contributed by atoms with E-state index in [1.165, 1.54) is 0 Å². The van der Waals surface area contributed by atoms with Gasteiger partial charge in [-0.05, 0) is 43.5 Å². The number of carboxylic acids is 1. The average molecular weight is 264 g/mol. The fourth-order valence-corrected chi connectivity index (χ4v) is 2.44. The molecule has 0 spiro atoms. The van der Waals surface area contributed by atoms with Gasteiger partial charge in [-0.25, -0.2) is 9.78 Å². The monoisotopic (exact) mass is 264 g/mol. The molecule has 1 saturated heterocycles. The van der Waals surface area contributed by atoms with Crippen LogP contribution in [0.4, 0.5) is 0 Å². The summed E-state index contributed by atoms with van der Waals surface area (Å²) in [4.78, 5) is 16.9. The Kier molecular flexibility index (Phi) is 4.87. The van der Waals surface area contributed by atoms with E-state index in [1.807, 2.05) is 6.07 Å². The maximum atomic E-state index is 10.9. The van der Waals surface area contributed by atoms with Gasteiger partial charge >= 0.3 is 5.97 Å². The second-order valence-corrected chi connectivity index (χ2v) is 5.11. The minimum Gasteiger partial charge on any atom is -0.477 e. The van der Waals surface area contributed by atoms with E-state index >= 15 is 0 Å². The molecule has 0 saturated carbocycles. The third-order valence-electron chi connectivity index (χ3n) is 3.41. The molecule has 0 atom stereocenters. The van der Waals surface area contributed by atoms with E-state index in [9.17, 15) is 4.79 Å². The van der Waals surface area contributed by atoms with Crippen LogP contribution in [-0.2, 0) is 11.3 Å². The van der Waals surface area contributed by atoms with Crippen LogP contribution in [0.2, 0.25) is 0 Å². The van der Waals surface area contributed by atoms with Gasteiger partial charge in [-0.1, -0.05) is 0 Å². The lowest BCUT2D eigenvalue weighted by Crippen LogP contribution is -2.29. The summed E-state index contributed by atoms with van der Waals surface area (Å²) in [5.41, 5.74) is 1.10. The number of aromatic carboxylic acids is 1. The van der Waals surface area contributed by atoms with Gasteiger partial charge in [0.05, 0.1) is 0 Å². The van der Waals surface area contributed by atoms with Gasteiger partial charge in [0.25, 0.3) is 0 Å². The molecule has 0 bridgehead atoms. The molecule has 104 valence electrons. The van der Waals surface area contributed by atoms with Crippen molar-refractivity contribution < 1.29 is 14.6 Å². The van der Waals surface area contributed by atoms with Crippen LogP contribution in [0, 0.1) is 5.92 Å². The molecule has 0 radical (unpaired) electrons. The number of aromatic nitrogens is 1. The molecule has 1 aliphatic rings. The van der Waals surface area contributed by atoms with Gasteiger partial charge in [0, 0.05) is 32.5 Å². The fourth-order valence-electron chi connectivity index (χ4n) is 2.44. The zero-order valence-electron chi connectivity index (χ0n) is 11.2. The number of nitrogens with zero attached hydrogens (tertiary/aromatic N) is 2. The highest BCUT2D eigenvalue weighted by Gasteiger charge is 2.16. The molecule has 0 unspecified atom stereocenters. The van der Waals surface area contributed by atoms with Crippen molar-refractivity contribution in [2.75, 3.05) is 26.8 Å². The number of carboxylic acid groups (broad SMARTS) is 1. The van der Waals surface area contributed by atoms with Gasteiger partial charge < -0.3 is 14.7 Å². The van der Waals surface area contributed by atoms with E-state index in [2.05, 4.69) is 16.9 Å². The van der Waals surface area contributed by atoms with Crippen molar-refractivity contribution in [3.63, 3.8) is 0 Å². The molecule has 1 fully saturated rings. The summed E-state index contributed by atoms with van der Waals surface area (Å²) < 4.78 is 5.35. The van der Waals surface area contributed by atoms with Crippen LogP contribution in [0.1, 0.15) is 28.9 Å². The standard InChI is InChI=1S/C14H20N2O3/c1-16(9-11-3-6-19-7-4-11)10-12-2-5-15-13(8-12)14(17)18/h2,5,8,11H,3-4,6-7,9-10H2,1H3,(H,17,18). The SMILES string of the molecule is CN(Cc1ccnc(C(=O)O)c1)CC1CCOCC1. The predicted octanol–water partition coefficient (Wildman–Crippen LogP) is 1.64. The number of ether oxygens (including phenoxy) is 1. The third-order valence-corrected chi connectivity index (χ3v) is 3.41. The Balaban J connectivity index is 1.88. The largest absolute Gasteiger partial charge is 0.477 e. The summed E-state index contributed by atoms with van der Waals surface area (Å²) in [7, 11) is 2.07. The lowest BCUT2D eigenvalue weighted by atomic mass is 10.00. The highest BCUT2D eigenvalue weighted by Crippen LogP contribution is 2.16. The lowest BCUT2D eigenvalue weighted by Gasteiger charge is -2.27. The molecule has 5 nitrogen and oxygen atoms in total. The van der Waals surface area contributed by atoms with E-state index in [4.69, 9.17) is 9.84 Å². The van der Waals surface area contributed by atoms with Crippen LogP contribution in [0.5, 0.6) is 0 Å². The van der Waals surface area contributed by atoms with Crippen LogP contribution in [0.25, 0.3) is 0 Å². The van der Waals surface area contributed by atoms with E-state index in [-0.39, 0.29) is 5.69 Å². The molecule has 0 amide bonds. The molecular weight excluding hydrogens is 244 g/mol. The van der Waals surface area contributed by atoms with E-state index in [0.717, 1.165) is 44.7 Å². The molecule has 1 N–H and O–H groups in total. The summed E-state index contributed by atoms with van der Waals surface area (Å²) in [5.74, 6) is -0.298. The highest BCUT2D eigenvalue weighted by molar-refractivity contribution is 5.85. The van der Waals surface area contributed by atoms with Gasteiger partial charge in [-0.3, -0.25) is 0 Å². The molecule has 1 aliphatic heterocycles. The third kappa shape index (κ3) is 4.29. The first-order valence-electron chi connectivity index (χ1n) is 6.59. The van der Waals surface area contributed by atoms with Crippen LogP contribution >= 0.6 is 0 Å². The number of hydrogen-bond acceptors (Lipinski definition) is 4. The minimum atomic E-state index is -0.978. The zero-order chi connectivity index (χ0) is 13.7. The van der Waals surface area contributed by atoms with E-state index in [0.29, 0.717) is 5.92 Å². The number of rotatable bonds is 5. The highest BCUT2D eigenvalue weighted by atomic mass is 16.5. The van der Waals surface area contributed by atoms with E-state index < -0.39 is 5.97 Å². The van der Waals surface area contributed by atoms with Crippen molar-refractivity contribution >= 4 is 5.97 Å². The molecule has 0 aliphatic carbocycles. The normalized spacial score (nSPS) is 16.7. The number of pyridine rings is 1. The Morgan fingerprint density at radius 2 is 2.26 bits per heavy atom. The first kappa shape index (κ1) is 14.0. The molecular formula is C14H20N2O3. The lowest BCUT2D eigenvalue weighted by molar-refractivity contribution is 0.0549. The van der Waals surface area contributed by atoms with Gasteiger partial charge in [0.2, 0.25) is 0 Å². The molecule has 0 aromatic carbocycles. The molecule has 1 aromatic heterocycles. The average Bonchev–Trinajstić information content (AvgIpc) is 2.40. The quantitative estimate of drug-likeness (QED) is 0.876. The van der Waals surface area contributed by atoms with Crippen molar-refractivity contribution in [2.45, 2.75) is 19.4 Å². The maximum Gasteiger partial charge on any atom is 0.354 e. The van der Waals surface area contributed by atoms with Crippen molar-refractivity contribution in [2.24, 2.45) is 5.92 Å². The summed E-state index contributed by atoms with van der Waals surface area (Å²) in [6, 6.07) is 3.51. The van der Waals surface area contributed by atoms with Crippen molar-refractivity contribution in [3.8, 4) is 0 Å². The minimum absolute atomic E-state index is 0.108. The topological polar surface area (TPSA) is 62.7 Å². The van der Waals surface area contributed by atoms with Crippen LogP contribution in [0.3, 0.4) is 0 Å². The Morgan fingerprint density at radius 1 is 1.53 bits per heavy atom. The Bertz CT molecular complexity index is 430. The zero-order valence-corrected chi connectivity index (χ0v) is 11.2. The van der Waals surface area contributed by atoms with Gasteiger partial charge in [0.1, 0.15) is 5.69 Å².